The molecule has 4 rings (SSSR count). The summed E-state index contributed by atoms with van der Waals surface area (Å²) in [6.07, 6.45) is 2.97. The van der Waals surface area contributed by atoms with Crippen LogP contribution in [-0.2, 0) is 9.53 Å². The predicted octanol–water partition coefficient (Wildman–Crippen LogP) is 1.94. The maximum absolute atomic E-state index is 11.6. The summed E-state index contributed by atoms with van der Waals surface area (Å²) < 4.78 is 22.2. The Bertz CT molecular complexity index is 1070. The highest BCUT2D eigenvalue weighted by Crippen LogP contribution is 2.33. The minimum absolute atomic E-state index is 0.0452. The second kappa shape index (κ2) is 8.50. The Kier molecular flexibility index (Phi) is 5.62. The summed E-state index contributed by atoms with van der Waals surface area (Å²) >= 11 is 0. The minimum atomic E-state index is -0.244. The Morgan fingerprint density at radius 3 is 2.70 bits per heavy atom. The first-order chi connectivity index (χ1) is 14.6. The van der Waals surface area contributed by atoms with Crippen molar-refractivity contribution in [3.63, 3.8) is 0 Å². The summed E-state index contributed by atoms with van der Waals surface area (Å²) in [4.78, 5) is 26.7. The topological polar surface area (TPSA) is 95.9 Å². The number of methoxy groups -OCH3 is 2. The van der Waals surface area contributed by atoms with E-state index in [9.17, 15) is 4.79 Å². The molecule has 156 valence electrons. The van der Waals surface area contributed by atoms with Crippen molar-refractivity contribution in [2.24, 2.45) is 0 Å². The molecule has 1 aliphatic heterocycles. The molecule has 1 amide bonds. The zero-order valence-electron chi connectivity index (χ0n) is 17.0. The molecule has 0 unspecified atom stereocenters. The highest BCUT2D eigenvalue weighted by atomic mass is 16.5. The number of hydrogen-bond donors (Lipinski definition) is 0. The van der Waals surface area contributed by atoms with Gasteiger partial charge in [0.2, 0.25) is 11.8 Å². The van der Waals surface area contributed by atoms with E-state index in [1.807, 2.05) is 24.3 Å². The zero-order chi connectivity index (χ0) is 21.1. The molecule has 0 spiro atoms. The van der Waals surface area contributed by atoms with Gasteiger partial charge in [0.1, 0.15) is 19.3 Å². The smallest absolute Gasteiger partial charge is 0.248 e. The Labute approximate surface area is 173 Å². The largest absolute Gasteiger partial charge is 0.493 e. The standard InChI is InChI=1S/C21H22N4O5/c1-25-10-14(29-12-19(25)26)11-30-21-20-16(22-6-7-23-20)9-15(24-21)13-4-5-17(27-2)18(8-13)28-3/h4-9,14H,10-12H2,1-3H3/t14-/m0/s1. The number of benzene rings is 1. The van der Waals surface area contributed by atoms with Gasteiger partial charge in [-0.1, -0.05) is 0 Å². The fourth-order valence-corrected chi connectivity index (χ4v) is 3.22. The SMILES string of the molecule is COc1ccc(-c2cc3nccnc3c(OC[C@@H]3CN(C)C(=O)CO3)n2)cc1OC. The van der Waals surface area contributed by atoms with Crippen LogP contribution >= 0.6 is 0 Å². The molecule has 0 aliphatic carbocycles. The van der Waals surface area contributed by atoms with Gasteiger partial charge in [-0.05, 0) is 24.3 Å². The van der Waals surface area contributed by atoms with Crippen LogP contribution in [0.1, 0.15) is 0 Å². The van der Waals surface area contributed by atoms with Crippen LogP contribution in [0.2, 0.25) is 0 Å². The van der Waals surface area contributed by atoms with Crippen LogP contribution in [0.15, 0.2) is 36.7 Å². The molecule has 3 aromatic rings. The molecule has 1 atom stereocenters. The molecule has 3 heterocycles. The van der Waals surface area contributed by atoms with Gasteiger partial charge in [-0.2, -0.15) is 0 Å². The Balaban J connectivity index is 1.65. The molecule has 1 aliphatic rings. The van der Waals surface area contributed by atoms with Crippen LogP contribution in [0.25, 0.3) is 22.3 Å². The number of ether oxygens (including phenoxy) is 4. The van der Waals surface area contributed by atoms with E-state index in [0.29, 0.717) is 40.7 Å². The monoisotopic (exact) mass is 410 g/mol. The average Bonchev–Trinajstić information content (AvgIpc) is 2.79. The third-order valence-electron chi connectivity index (χ3n) is 4.86. The van der Waals surface area contributed by atoms with Crippen LogP contribution in [0, 0.1) is 0 Å². The highest BCUT2D eigenvalue weighted by Gasteiger charge is 2.24. The van der Waals surface area contributed by atoms with Gasteiger partial charge in [0, 0.05) is 31.5 Å². The number of aromatic nitrogens is 3. The molecule has 9 heteroatoms. The molecular formula is C21H22N4O5. The minimum Gasteiger partial charge on any atom is -0.493 e. The molecule has 30 heavy (non-hydrogen) atoms. The van der Waals surface area contributed by atoms with Crippen LogP contribution in [0.3, 0.4) is 0 Å². The molecule has 1 fully saturated rings. The van der Waals surface area contributed by atoms with Crippen molar-refractivity contribution in [1.82, 2.24) is 19.9 Å². The first-order valence-corrected chi connectivity index (χ1v) is 9.41. The summed E-state index contributed by atoms with van der Waals surface area (Å²) in [5.74, 6) is 1.54. The van der Waals surface area contributed by atoms with Crippen molar-refractivity contribution in [2.75, 3.05) is 41.0 Å². The number of likely N-dealkylation sites (N-methyl/N-ethyl adjacent to an activating group) is 1. The lowest BCUT2D eigenvalue weighted by Crippen LogP contribution is -2.46. The van der Waals surface area contributed by atoms with Gasteiger partial charge in [0.15, 0.2) is 17.0 Å². The molecule has 0 N–H and O–H groups in total. The second-order valence-corrected chi connectivity index (χ2v) is 6.82. The van der Waals surface area contributed by atoms with E-state index in [0.717, 1.165) is 5.56 Å². The lowest BCUT2D eigenvalue weighted by atomic mass is 10.1. The van der Waals surface area contributed by atoms with Crippen molar-refractivity contribution in [3.8, 4) is 28.6 Å². The van der Waals surface area contributed by atoms with Gasteiger partial charge in [0.25, 0.3) is 0 Å². The number of pyridine rings is 1. The van der Waals surface area contributed by atoms with E-state index >= 15 is 0 Å². The number of nitrogens with zero attached hydrogens (tertiary/aromatic N) is 4. The lowest BCUT2D eigenvalue weighted by Gasteiger charge is -2.29. The number of carbonyl (C=O) groups is 1. The first kappa shape index (κ1) is 19.8. The van der Waals surface area contributed by atoms with E-state index in [2.05, 4.69) is 15.0 Å². The fraction of sp³-hybridized carbons (Fsp3) is 0.333. The van der Waals surface area contributed by atoms with Crippen molar-refractivity contribution in [2.45, 2.75) is 6.10 Å². The third kappa shape index (κ3) is 3.97. The van der Waals surface area contributed by atoms with E-state index < -0.39 is 0 Å². The highest BCUT2D eigenvalue weighted by molar-refractivity contribution is 5.83. The molecule has 0 radical (unpaired) electrons. The average molecular weight is 410 g/mol. The Hall–Kier alpha value is -3.46. The van der Waals surface area contributed by atoms with Gasteiger partial charge in [-0.3, -0.25) is 9.78 Å². The van der Waals surface area contributed by atoms with Gasteiger partial charge in [0.05, 0.1) is 25.4 Å². The van der Waals surface area contributed by atoms with Gasteiger partial charge in [-0.25, -0.2) is 9.97 Å². The van der Waals surface area contributed by atoms with Crippen molar-refractivity contribution in [1.29, 1.82) is 0 Å². The molecule has 9 nitrogen and oxygen atoms in total. The van der Waals surface area contributed by atoms with Gasteiger partial charge < -0.3 is 23.8 Å². The fourth-order valence-electron chi connectivity index (χ4n) is 3.22. The van der Waals surface area contributed by atoms with E-state index in [1.54, 1.807) is 38.6 Å². The summed E-state index contributed by atoms with van der Waals surface area (Å²) in [6, 6.07) is 7.40. The van der Waals surface area contributed by atoms with Crippen LogP contribution < -0.4 is 14.2 Å². The quantitative estimate of drug-likeness (QED) is 0.608. The zero-order valence-corrected chi connectivity index (χ0v) is 17.0. The number of morpholine rings is 1. The van der Waals surface area contributed by atoms with E-state index in [4.69, 9.17) is 18.9 Å². The lowest BCUT2D eigenvalue weighted by molar-refractivity contribution is -0.148. The summed E-state index contributed by atoms with van der Waals surface area (Å²) in [5, 5.41) is 0. The van der Waals surface area contributed by atoms with Gasteiger partial charge in [-0.15, -0.1) is 0 Å². The predicted molar refractivity (Wildman–Crippen MR) is 109 cm³/mol. The van der Waals surface area contributed by atoms with E-state index in [-0.39, 0.29) is 25.2 Å². The summed E-state index contributed by atoms with van der Waals surface area (Å²) in [5.41, 5.74) is 2.70. The molecule has 1 aromatic carbocycles. The Morgan fingerprint density at radius 1 is 1.13 bits per heavy atom. The Morgan fingerprint density at radius 2 is 1.93 bits per heavy atom. The van der Waals surface area contributed by atoms with E-state index in [1.165, 1.54) is 0 Å². The molecule has 0 bridgehead atoms. The summed E-state index contributed by atoms with van der Waals surface area (Å²) in [6.45, 7) is 0.744. The molecule has 2 aromatic heterocycles. The van der Waals surface area contributed by atoms with Crippen molar-refractivity contribution >= 4 is 16.9 Å². The third-order valence-corrected chi connectivity index (χ3v) is 4.86. The molecule has 0 saturated carbocycles. The van der Waals surface area contributed by atoms with Crippen LogP contribution in [-0.4, -0.2) is 72.9 Å². The van der Waals surface area contributed by atoms with Gasteiger partial charge >= 0.3 is 0 Å². The second-order valence-electron chi connectivity index (χ2n) is 6.82. The maximum Gasteiger partial charge on any atom is 0.248 e. The number of fused-ring (bicyclic) bond motifs is 1. The van der Waals surface area contributed by atoms with Crippen molar-refractivity contribution in [3.05, 3.63) is 36.7 Å². The molecular weight excluding hydrogens is 388 g/mol. The van der Waals surface area contributed by atoms with Crippen LogP contribution in [0.5, 0.6) is 17.4 Å². The normalized spacial score (nSPS) is 16.6. The number of rotatable bonds is 6. The number of carbonyl (C=O) groups excluding carboxylic acids is 1. The number of amides is 1. The van der Waals surface area contributed by atoms with Crippen LogP contribution in [0.4, 0.5) is 0 Å². The van der Waals surface area contributed by atoms with Crippen molar-refractivity contribution < 1.29 is 23.7 Å². The first-order valence-electron chi connectivity index (χ1n) is 9.41. The molecule has 1 saturated heterocycles. The summed E-state index contributed by atoms with van der Waals surface area (Å²) in [7, 11) is 4.92. The maximum atomic E-state index is 11.6. The number of hydrogen-bond acceptors (Lipinski definition) is 8.